The van der Waals surface area contributed by atoms with Crippen molar-refractivity contribution in [3.05, 3.63) is 70.2 Å². The highest BCUT2D eigenvalue weighted by Gasteiger charge is 2.27. The summed E-state index contributed by atoms with van der Waals surface area (Å²) < 4.78 is 0. The van der Waals surface area contributed by atoms with E-state index in [1.54, 1.807) is 0 Å². The lowest BCUT2D eigenvalue weighted by atomic mass is 9.74. The van der Waals surface area contributed by atoms with Gasteiger partial charge < -0.3 is 5.11 Å². The molecule has 0 bridgehead atoms. The van der Waals surface area contributed by atoms with Gasteiger partial charge in [-0.25, -0.2) is 0 Å². The molecule has 0 amide bonds. The van der Waals surface area contributed by atoms with E-state index >= 15 is 0 Å². The molecule has 1 aliphatic carbocycles. The first-order chi connectivity index (χ1) is 9.22. The third-order valence-corrected chi connectivity index (χ3v) is 4.11. The normalized spacial score (nSPS) is 18.5. The van der Waals surface area contributed by atoms with Crippen LogP contribution in [0.25, 0.3) is 0 Å². The zero-order valence-corrected chi connectivity index (χ0v) is 11.5. The molecule has 2 heteroatoms. The lowest BCUT2D eigenvalue weighted by Crippen LogP contribution is -2.23. The van der Waals surface area contributed by atoms with Gasteiger partial charge in [0, 0.05) is 5.02 Å². The van der Waals surface area contributed by atoms with Crippen LogP contribution in [-0.4, -0.2) is 11.2 Å². The molecule has 0 heterocycles. The number of hydrogen-bond acceptors (Lipinski definition) is 1. The summed E-state index contributed by atoms with van der Waals surface area (Å²) in [5, 5.41) is 10.9. The zero-order valence-electron chi connectivity index (χ0n) is 10.7. The van der Waals surface area contributed by atoms with Gasteiger partial charge in [-0.05, 0) is 54.0 Å². The summed E-state index contributed by atoms with van der Waals surface area (Å²) in [7, 11) is 0. The standard InChI is InChI=1S/C17H17ClO/c18-15-6-3-4-12(8-15)9-16(19)11-14-10-13-5-1-2-7-17(13)14/h1-8,14,16,19H,9-11H2. The molecule has 98 valence electrons. The third-order valence-electron chi connectivity index (χ3n) is 3.88. The quantitative estimate of drug-likeness (QED) is 0.893. The summed E-state index contributed by atoms with van der Waals surface area (Å²) in [5.41, 5.74) is 3.95. The maximum absolute atomic E-state index is 10.2. The Morgan fingerprint density at radius 2 is 2.00 bits per heavy atom. The summed E-state index contributed by atoms with van der Waals surface area (Å²) in [4.78, 5) is 0. The SMILES string of the molecule is OC(Cc1cccc(Cl)c1)CC1Cc2ccccc21. The van der Waals surface area contributed by atoms with Crippen LogP contribution in [0.4, 0.5) is 0 Å². The van der Waals surface area contributed by atoms with E-state index < -0.39 is 0 Å². The number of fused-ring (bicyclic) bond motifs is 1. The number of aliphatic hydroxyl groups excluding tert-OH is 1. The highest BCUT2D eigenvalue weighted by Crippen LogP contribution is 2.38. The van der Waals surface area contributed by atoms with Gasteiger partial charge in [0.2, 0.25) is 0 Å². The summed E-state index contributed by atoms with van der Waals surface area (Å²) >= 11 is 5.96. The molecular formula is C17H17ClO. The minimum absolute atomic E-state index is 0.295. The molecule has 3 rings (SSSR count). The molecule has 1 nitrogen and oxygen atoms in total. The van der Waals surface area contributed by atoms with Gasteiger partial charge >= 0.3 is 0 Å². The van der Waals surface area contributed by atoms with Crippen molar-refractivity contribution in [3.63, 3.8) is 0 Å². The molecule has 0 saturated heterocycles. The first-order valence-corrected chi connectivity index (χ1v) is 7.10. The molecule has 1 N–H and O–H groups in total. The van der Waals surface area contributed by atoms with Gasteiger partial charge in [0.05, 0.1) is 6.10 Å². The van der Waals surface area contributed by atoms with Crippen LogP contribution in [0.1, 0.15) is 29.0 Å². The van der Waals surface area contributed by atoms with E-state index in [0.29, 0.717) is 12.3 Å². The second-order valence-corrected chi connectivity index (χ2v) is 5.76. The first-order valence-electron chi connectivity index (χ1n) is 6.72. The van der Waals surface area contributed by atoms with Crippen LogP contribution in [0.3, 0.4) is 0 Å². The minimum atomic E-state index is -0.295. The van der Waals surface area contributed by atoms with Crippen molar-refractivity contribution >= 4 is 11.6 Å². The fourth-order valence-electron chi connectivity index (χ4n) is 2.92. The van der Waals surface area contributed by atoms with Crippen LogP contribution in [0, 0.1) is 0 Å². The molecule has 0 spiro atoms. The Labute approximate surface area is 118 Å². The van der Waals surface area contributed by atoms with Crippen LogP contribution in [0.5, 0.6) is 0 Å². The van der Waals surface area contributed by atoms with Crippen LogP contribution >= 0.6 is 11.6 Å². The molecule has 2 unspecified atom stereocenters. The molecule has 2 aromatic rings. The van der Waals surface area contributed by atoms with Crippen LogP contribution in [-0.2, 0) is 12.8 Å². The number of rotatable bonds is 4. The number of benzene rings is 2. The van der Waals surface area contributed by atoms with E-state index in [2.05, 4.69) is 24.3 Å². The maximum atomic E-state index is 10.2. The molecule has 0 aliphatic heterocycles. The molecule has 0 aromatic heterocycles. The Hall–Kier alpha value is -1.31. The predicted octanol–water partition coefficient (Wildman–Crippen LogP) is 3.97. The summed E-state index contributed by atoms with van der Waals surface area (Å²) in [6.07, 6.45) is 2.32. The highest BCUT2D eigenvalue weighted by molar-refractivity contribution is 6.30. The van der Waals surface area contributed by atoms with Crippen molar-refractivity contribution < 1.29 is 5.11 Å². The number of hydrogen-bond donors (Lipinski definition) is 1. The van der Waals surface area contributed by atoms with Crippen LogP contribution < -0.4 is 0 Å². The van der Waals surface area contributed by atoms with Crippen molar-refractivity contribution in [2.75, 3.05) is 0 Å². The minimum Gasteiger partial charge on any atom is -0.393 e. The second kappa shape index (κ2) is 5.36. The lowest BCUT2D eigenvalue weighted by molar-refractivity contribution is 0.151. The van der Waals surface area contributed by atoms with E-state index in [4.69, 9.17) is 11.6 Å². The molecule has 2 aromatic carbocycles. The largest absolute Gasteiger partial charge is 0.393 e. The fourth-order valence-corrected chi connectivity index (χ4v) is 3.13. The van der Waals surface area contributed by atoms with Crippen LogP contribution in [0.2, 0.25) is 5.02 Å². The van der Waals surface area contributed by atoms with Crippen molar-refractivity contribution in [1.29, 1.82) is 0 Å². The Morgan fingerprint density at radius 1 is 1.16 bits per heavy atom. The first kappa shape index (κ1) is 12.7. The monoisotopic (exact) mass is 272 g/mol. The van der Waals surface area contributed by atoms with Crippen molar-refractivity contribution in [2.45, 2.75) is 31.3 Å². The van der Waals surface area contributed by atoms with Gasteiger partial charge in [-0.15, -0.1) is 0 Å². The van der Waals surface area contributed by atoms with Gasteiger partial charge in [0.25, 0.3) is 0 Å². The van der Waals surface area contributed by atoms with Crippen molar-refractivity contribution in [2.24, 2.45) is 0 Å². The van der Waals surface area contributed by atoms with E-state index in [1.807, 2.05) is 24.3 Å². The lowest BCUT2D eigenvalue weighted by Gasteiger charge is -2.31. The van der Waals surface area contributed by atoms with E-state index in [0.717, 1.165) is 23.4 Å². The van der Waals surface area contributed by atoms with Gasteiger partial charge in [0.15, 0.2) is 0 Å². The van der Waals surface area contributed by atoms with Gasteiger partial charge in [-0.3, -0.25) is 0 Å². The summed E-state index contributed by atoms with van der Waals surface area (Å²) in [6, 6.07) is 16.3. The summed E-state index contributed by atoms with van der Waals surface area (Å²) in [6.45, 7) is 0. The predicted molar refractivity (Wildman–Crippen MR) is 78.7 cm³/mol. The molecular weight excluding hydrogens is 256 g/mol. The summed E-state index contributed by atoms with van der Waals surface area (Å²) in [5.74, 6) is 0.519. The zero-order chi connectivity index (χ0) is 13.2. The number of halogens is 1. The Kier molecular flexibility index (Phi) is 3.58. The second-order valence-electron chi connectivity index (χ2n) is 5.32. The molecule has 2 atom stereocenters. The molecule has 0 radical (unpaired) electrons. The number of aliphatic hydroxyl groups is 1. The molecule has 1 aliphatic rings. The average Bonchev–Trinajstić information content (AvgIpc) is 2.36. The molecule has 0 fully saturated rings. The third kappa shape index (κ3) is 2.83. The van der Waals surface area contributed by atoms with Crippen molar-refractivity contribution in [1.82, 2.24) is 0 Å². The van der Waals surface area contributed by atoms with E-state index in [9.17, 15) is 5.11 Å². The molecule has 0 saturated carbocycles. The van der Waals surface area contributed by atoms with Gasteiger partial charge in [0.1, 0.15) is 0 Å². The van der Waals surface area contributed by atoms with Gasteiger partial charge in [-0.2, -0.15) is 0 Å². The topological polar surface area (TPSA) is 20.2 Å². The Morgan fingerprint density at radius 3 is 2.79 bits per heavy atom. The van der Waals surface area contributed by atoms with Crippen molar-refractivity contribution in [3.8, 4) is 0 Å². The average molecular weight is 273 g/mol. The Balaban J connectivity index is 1.60. The van der Waals surface area contributed by atoms with Gasteiger partial charge in [-0.1, -0.05) is 48.0 Å². The smallest absolute Gasteiger partial charge is 0.0586 e. The highest BCUT2D eigenvalue weighted by atomic mass is 35.5. The van der Waals surface area contributed by atoms with E-state index in [1.165, 1.54) is 11.1 Å². The van der Waals surface area contributed by atoms with E-state index in [-0.39, 0.29) is 6.10 Å². The fraction of sp³-hybridized carbons (Fsp3) is 0.294. The maximum Gasteiger partial charge on any atom is 0.0586 e. The van der Waals surface area contributed by atoms with Crippen LogP contribution in [0.15, 0.2) is 48.5 Å². The molecule has 19 heavy (non-hydrogen) atoms. The Bertz CT molecular complexity index is 579.